The van der Waals surface area contributed by atoms with Crippen molar-refractivity contribution in [3.05, 3.63) is 33.2 Å². The number of carbonyl (C=O) groups is 1. The normalized spacial score (nSPS) is 28.3. The van der Waals surface area contributed by atoms with Crippen LogP contribution in [-0.4, -0.2) is 39.6 Å². The molecule has 1 aromatic heterocycles. The average molecular weight is 304 g/mol. The fourth-order valence-corrected chi connectivity index (χ4v) is 4.03. The van der Waals surface area contributed by atoms with E-state index in [0.29, 0.717) is 19.5 Å². The first-order chi connectivity index (χ1) is 10.4. The van der Waals surface area contributed by atoms with Crippen LogP contribution in [-0.2, 0) is 0 Å². The summed E-state index contributed by atoms with van der Waals surface area (Å²) in [6, 6.07) is 1.83. The number of hydrogen-bond acceptors (Lipinski definition) is 3. The summed E-state index contributed by atoms with van der Waals surface area (Å²) in [6.45, 7) is 4.70. The minimum absolute atomic E-state index is 0.142. The largest absolute Gasteiger partial charge is 0.389 e. The molecule has 3 rings (SSSR count). The topological polar surface area (TPSA) is 73.4 Å². The van der Waals surface area contributed by atoms with Gasteiger partial charge in [-0.25, -0.2) is 0 Å². The number of carbonyl (C=O) groups excluding carboxylic acids is 1. The first-order valence-corrected chi connectivity index (χ1v) is 8.13. The predicted octanol–water partition coefficient (Wildman–Crippen LogP) is 1.76. The Morgan fingerprint density at radius 1 is 1.36 bits per heavy atom. The van der Waals surface area contributed by atoms with E-state index in [1.165, 1.54) is 0 Å². The van der Waals surface area contributed by atoms with Crippen LogP contribution in [0.4, 0.5) is 0 Å². The van der Waals surface area contributed by atoms with Gasteiger partial charge in [0.25, 0.3) is 11.5 Å². The summed E-state index contributed by atoms with van der Waals surface area (Å²) in [5.74, 6) is -0.0600. The molecule has 2 N–H and O–H groups in total. The molecule has 2 atom stereocenters. The summed E-state index contributed by atoms with van der Waals surface area (Å²) in [5.41, 5.74) is 0.804. The summed E-state index contributed by atoms with van der Waals surface area (Å²) >= 11 is 0. The minimum Gasteiger partial charge on any atom is -0.389 e. The zero-order chi connectivity index (χ0) is 15.9. The SMILES string of the molecule is Cc1cc(C)c(C(=O)N2CC[C@]3(O)CCCC[C@H]3C2)c(=O)[nH]1. The van der Waals surface area contributed by atoms with Gasteiger partial charge in [-0.15, -0.1) is 0 Å². The van der Waals surface area contributed by atoms with Gasteiger partial charge in [0, 0.05) is 24.7 Å². The van der Waals surface area contributed by atoms with Crippen molar-refractivity contribution in [2.45, 2.75) is 51.6 Å². The maximum Gasteiger partial charge on any atom is 0.261 e. The second kappa shape index (κ2) is 5.54. The molecule has 1 aliphatic heterocycles. The van der Waals surface area contributed by atoms with Gasteiger partial charge in [0.05, 0.1) is 5.60 Å². The molecule has 0 unspecified atom stereocenters. The fourth-order valence-electron chi connectivity index (χ4n) is 4.03. The number of hydrogen-bond donors (Lipinski definition) is 2. The second-order valence-electron chi connectivity index (χ2n) is 6.89. The van der Waals surface area contributed by atoms with Gasteiger partial charge in [-0.1, -0.05) is 12.8 Å². The molecular weight excluding hydrogens is 280 g/mol. The molecule has 2 heterocycles. The van der Waals surface area contributed by atoms with Crippen LogP contribution < -0.4 is 5.56 Å². The molecule has 0 radical (unpaired) electrons. The summed E-state index contributed by atoms with van der Waals surface area (Å²) in [4.78, 5) is 29.4. The minimum atomic E-state index is -0.607. The Kier molecular flexibility index (Phi) is 3.85. The molecular formula is C17H24N2O3. The van der Waals surface area contributed by atoms with Gasteiger partial charge in [0.2, 0.25) is 0 Å². The standard InChI is InChI=1S/C17H24N2O3/c1-11-9-12(2)18-15(20)14(11)16(21)19-8-7-17(22)6-4-3-5-13(17)10-19/h9,13,22H,3-8,10H2,1-2H3,(H,18,20)/t13-,17+/m0/s1. The van der Waals surface area contributed by atoms with Crippen molar-refractivity contribution in [1.29, 1.82) is 0 Å². The van der Waals surface area contributed by atoms with E-state index in [-0.39, 0.29) is 22.9 Å². The number of nitrogens with one attached hydrogen (secondary N) is 1. The lowest BCUT2D eigenvalue weighted by Crippen LogP contribution is -2.55. The van der Waals surface area contributed by atoms with Crippen LogP contribution in [0.15, 0.2) is 10.9 Å². The average Bonchev–Trinajstić information content (AvgIpc) is 2.45. The fraction of sp³-hybridized carbons (Fsp3) is 0.647. The summed E-state index contributed by atoms with van der Waals surface area (Å²) in [6.07, 6.45) is 4.59. The van der Waals surface area contributed by atoms with Gasteiger partial charge in [-0.05, 0) is 44.7 Å². The van der Waals surface area contributed by atoms with Crippen LogP contribution in [0.5, 0.6) is 0 Å². The summed E-state index contributed by atoms with van der Waals surface area (Å²) < 4.78 is 0. The van der Waals surface area contributed by atoms with E-state index in [2.05, 4.69) is 4.98 Å². The van der Waals surface area contributed by atoms with E-state index in [4.69, 9.17) is 0 Å². The predicted molar refractivity (Wildman–Crippen MR) is 84.0 cm³/mol. The lowest BCUT2D eigenvalue weighted by atomic mass is 9.71. The van der Waals surface area contributed by atoms with Crippen LogP contribution in [0.25, 0.3) is 0 Å². The van der Waals surface area contributed by atoms with Crippen molar-refractivity contribution in [1.82, 2.24) is 9.88 Å². The molecule has 1 saturated carbocycles. The first kappa shape index (κ1) is 15.3. The van der Waals surface area contributed by atoms with Gasteiger partial charge < -0.3 is 15.0 Å². The number of rotatable bonds is 1. The Morgan fingerprint density at radius 2 is 2.14 bits per heavy atom. The van der Waals surface area contributed by atoms with E-state index >= 15 is 0 Å². The molecule has 2 fully saturated rings. The molecule has 1 saturated heterocycles. The Bertz CT molecular complexity index is 652. The maximum atomic E-state index is 12.8. The van der Waals surface area contributed by atoms with Gasteiger partial charge in [0.1, 0.15) is 5.56 Å². The van der Waals surface area contributed by atoms with Gasteiger partial charge in [-0.2, -0.15) is 0 Å². The number of fused-ring (bicyclic) bond motifs is 1. The molecule has 5 heteroatoms. The molecule has 2 aliphatic rings. The van der Waals surface area contributed by atoms with Crippen LogP contribution in [0.1, 0.15) is 53.7 Å². The van der Waals surface area contributed by atoms with Gasteiger partial charge in [-0.3, -0.25) is 9.59 Å². The Balaban J connectivity index is 1.84. The number of aryl methyl sites for hydroxylation is 2. The number of amides is 1. The zero-order valence-electron chi connectivity index (χ0n) is 13.3. The molecule has 1 amide bonds. The number of nitrogens with zero attached hydrogens (tertiary/aromatic N) is 1. The van der Waals surface area contributed by atoms with Crippen molar-refractivity contribution in [2.75, 3.05) is 13.1 Å². The Morgan fingerprint density at radius 3 is 2.86 bits per heavy atom. The molecule has 22 heavy (non-hydrogen) atoms. The van der Waals surface area contributed by atoms with E-state index in [1.54, 1.807) is 11.8 Å². The third-order valence-corrected chi connectivity index (χ3v) is 5.29. The number of likely N-dealkylation sites (tertiary alicyclic amines) is 1. The molecule has 0 aromatic carbocycles. The molecule has 1 aromatic rings. The monoisotopic (exact) mass is 304 g/mol. The van der Waals surface area contributed by atoms with Crippen LogP contribution >= 0.6 is 0 Å². The van der Waals surface area contributed by atoms with E-state index in [0.717, 1.165) is 36.9 Å². The molecule has 120 valence electrons. The van der Waals surface area contributed by atoms with Gasteiger partial charge in [0.15, 0.2) is 0 Å². The van der Waals surface area contributed by atoms with Crippen molar-refractivity contribution in [2.24, 2.45) is 5.92 Å². The molecule has 1 aliphatic carbocycles. The molecule has 0 spiro atoms. The number of aromatic amines is 1. The van der Waals surface area contributed by atoms with Crippen molar-refractivity contribution in [3.63, 3.8) is 0 Å². The quantitative estimate of drug-likeness (QED) is 0.830. The van der Waals surface area contributed by atoms with Crippen molar-refractivity contribution >= 4 is 5.91 Å². The molecule has 5 nitrogen and oxygen atoms in total. The van der Waals surface area contributed by atoms with E-state index in [1.807, 2.05) is 13.0 Å². The molecule has 0 bridgehead atoms. The Labute approximate surface area is 130 Å². The number of H-pyrrole nitrogens is 1. The van der Waals surface area contributed by atoms with Crippen molar-refractivity contribution < 1.29 is 9.90 Å². The number of aliphatic hydroxyl groups is 1. The van der Waals surface area contributed by atoms with Crippen LogP contribution in [0.2, 0.25) is 0 Å². The van der Waals surface area contributed by atoms with Crippen molar-refractivity contribution in [3.8, 4) is 0 Å². The highest BCUT2D eigenvalue weighted by atomic mass is 16.3. The lowest BCUT2D eigenvalue weighted by Gasteiger charge is -2.47. The Hall–Kier alpha value is -1.62. The summed E-state index contributed by atoms with van der Waals surface area (Å²) in [5, 5.41) is 10.7. The maximum absolute atomic E-state index is 12.8. The number of piperidine rings is 1. The van der Waals surface area contributed by atoms with E-state index < -0.39 is 5.60 Å². The van der Waals surface area contributed by atoms with Crippen LogP contribution in [0, 0.1) is 19.8 Å². The highest BCUT2D eigenvalue weighted by molar-refractivity contribution is 5.95. The second-order valence-corrected chi connectivity index (χ2v) is 6.89. The highest BCUT2D eigenvalue weighted by Gasteiger charge is 2.44. The lowest BCUT2D eigenvalue weighted by molar-refractivity contribution is -0.0886. The first-order valence-electron chi connectivity index (χ1n) is 8.13. The van der Waals surface area contributed by atoms with E-state index in [9.17, 15) is 14.7 Å². The third kappa shape index (κ3) is 2.58. The summed E-state index contributed by atoms with van der Waals surface area (Å²) in [7, 11) is 0. The third-order valence-electron chi connectivity index (χ3n) is 5.29. The number of aromatic nitrogens is 1. The zero-order valence-corrected chi connectivity index (χ0v) is 13.3. The smallest absolute Gasteiger partial charge is 0.261 e. The number of pyridine rings is 1. The van der Waals surface area contributed by atoms with Crippen LogP contribution in [0.3, 0.4) is 0 Å². The highest BCUT2D eigenvalue weighted by Crippen LogP contribution is 2.39. The van der Waals surface area contributed by atoms with Gasteiger partial charge >= 0.3 is 0 Å².